The minimum atomic E-state index is -0.921. The Morgan fingerprint density at radius 3 is 2.08 bits per heavy atom. The number of nitrogens with one attached hydrogen (secondary N) is 2. The Labute approximate surface area is 236 Å². The van der Waals surface area contributed by atoms with Crippen molar-refractivity contribution in [2.24, 2.45) is 0 Å². The summed E-state index contributed by atoms with van der Waals surface area (Å²) in [6.45, 7) is 9.21. The molecule has 0 aliphatic heterocycles. The van der Waals surface area contributed by atoms with E-state index in [-0.39, 0.29) is 24.3 Å². The van der Waals surface area contributed by atoms with Gasteiger partial charge in [-0.1, -0.05) is 72.8 Å². The van der Waals surface area contributed by atoms with Gasteiger partial charge in [0.25, 0.3) is 5.91 Å². The molecule has 2 atom stereocenters. The van der Waals surface area contributed by atoms with Crippen molar-refractivity contribution in [1.82, 2.24) is 10.2 Å². The van der Waals surface area contributed by atoms with Gasteiger partial charge in [0.2, 0.25) is 5.91 Å². The van der Waals surface area contributed by atoms with Crippen molar-refractivity contribution in [2.45, 2.75) is 77.6 Å². The van der Waals surface area contributed by atoms with Gasteiger partial charge in [0, 0.05) is 18.2 Å². The van der Waals surface area contributed by atoms with Crippen molar-refractivity contribution < 1.29 is 19.1 Å². The van der Waals surface area contributed by atoms with E-state index in [1.165, 1.54) is 0 Å². The Bertz CT molecular complexity index is 1350. The first-order chi connectivity index (χ1) is 19.0. The first-order valence-corrected chi connectivity index (χ1v) is 13.8. The largest absolute Gasteiger partial charge is 0.444 e. The highest BCUT2D eigenvalue weighted by Crippen LogP contribution is 2.37. The molecule has 1 fully saturated rings. The van der Waals surface area contributed by atoms with Crippen LogP contribution in [0.15, 0.2) is 78.9 Å². The van der Waals surface area contributed by atoms with Crippen molar-refractivity contribution in [3.8, 4) is 0 Å². The van der Waals surface area contributed by atoms with E-state index in [4.69, 9.17) is 4.74 Å². The molecule has 0 spiro atoms. The summed E-state index contributed by atoms with van der Waals surface area (Å²) in [7, 11) is 0. The van der Waals surface area contributed by atoms with Gasteiger partial charge in [-0.2, -0.15) is 0 Å². The van der Waals surface area contributed by atoms with E-state index in [1.54, 1.807) is 25.7 Å². The third-order valence-electron chi connectivity index (χ3n) is 6.88. The fourth-order valence-corrected chi connectivity index (χ4v) is 4.78. The molecule has 3 aromatic rings. The maximum absolute atomic E-state index is 14.5. The summed E-state index contributed by atoms with van der Waals surface area (Å²) >= 11 is 0. The number of anilines is 1. The van der Waals surface area contributed by atoms with E-state index in [2.05, 4.69) is 10.6 Å². The number of aryl methyl sites for hydroxylation is 2. The number of amides is 3. The molecule has 40 heavy (non-hydrogen) atoms. The summed E-state index contributed by atoms with van der Waals surface area (Å²) < 4.78 is 5.52. The summed E-state index contributed by atoms with van der Waals surface area (Å²) in [6.07, 6.45) is 1.17. The number of benzene rings is 3. The highest BCUT2D eigenvalue weighted by atomic mass is 16.6. The average molecular weight is 542 g/mol. The van der Waals surface area contributed by atoms with Crippen LogP contribution in [0.4, 0.5) is 10.5 Å². The van der Waals surface area contributed by atoms with Crippen LogP contribution >= 0.6 is 0 Å². The van der Waals surface area contributed by atoms with E-state index >= 15 is 0 Å². The molecule has 7 nitrogen and oxygen atoms in total. The maximum atomic E-state index is 14.5. The Kier molecular flexibility index (Phi) is 8.93. The number of carbonyl (C=O) groups is 3. The normalized spacial score (nSPS) is 14.5. The smallest absolute Gasteiger partial charge is 0.408 e. The molecule has 2 N–H and O–H groups in total. The minimum absolute atomic E-state index is 0.113. The molecule has 0 bridgehead atoms. The predicted molar refractivity (Wildman–Crippen MR) is 157 cm³/mol. The molecule has 3 amide bonds. The van der Waals surface area contributed by atoms with E-state index in [0.717, 1.165) is 35.1 Å². The van der Waals surface area contributed by atoms with Gasteiger partial charge in [-0.25, -0.2) is 4.79 Å². The molecular weight excluding hydrogens is 502 g/mol. The Balaban J connectivity index is 1.73. The van der Waals surface area contributed by atoms with Crippen molar-refractivity contribution in [3.63, 3.8) is 0 Å². The summed E-state index contributed by atoms with van der Waals surface area (Å²) in [6, 6.07) is 22.8. The average Bonchev–Trinajstić information content (AvgIpc) is 3.73. The molecule has 4 rings (SSSR count). The van der Waals surface area contributed by atoms with E-state index < -0.39 is 23.8 Å². The van der Waals surface area contributed by atoms with Crippen LogP contribution in [0.5, 0.6) is 0 Å². The number of para-hydroxylation sites is 1. The Morgan fingerprint density at radius 1 is 0.875 bits per heavy atom. The lowest BCUT2D eigenvalue weighted by Gasteiger charge is -2.35. The number of ether oxygens (including phenoxy) is 1. The third kappa shape index (κ3) is 7.50. The molecule has 7 heteroatoms. The van der Waals surface area contributed by atoms with Gasteiger partial charge in [-0.3, -0.25) is 9.59 Å². The predicted octanol–water partition coefficient (Wildman–Crippen LogP) is 6.11. The highest BCUT2D eigenvalue weighted by Gasteiger charge is 2.44. The van der Waals surface area contributed by atoms with E-state index in [0.29, 0.717) is 5.69 Å². The first-order valence-electron chi connectivity index (χ1n) is 13.8. The molecule has 0 radical (unpaired) electrons. The van der Waals surface area contributed by atoms with Crippen LogP contribution in [-0.4, -0.2) is 40.5 Å². The van der Waals surface area contributed by atoms with Gasteiger partial charge in [0.15, 0.2) is 0 Å². The van der Waals surface area contributed by atoms with Crippen LogP contribution in [0.3, 0.4) is 0 Å². The highest BCUT2D eigenvalue weighted by molar-refractivity contribution is 5.99. The molecule has 0 heterocycles. The third-order valence-corrected chi connectivity index (χ3v) is 6.88. The Hall–Kier alpha value is -4.13. The SMILES string of the molecule is Cc1ccccc1NC(=O)C(c1ccccc1C)N(C(=O)C(Cc1ccccc1)NC(=O)OC(C)(C)C)C1CC1. The quantitative estimate of drug-likeness (QED) is 0.342. The van der Waals surface area contributed by atoms with Crippen LogP contribution in [0, 0.1) is 13.8 Å². The van der Waals surface area contributed by atoms with Crippen LogP contribution < -0.4 is 10.6 Å². The summed E-state index contributed by atoms with van der Waals surface area (Å²) in [5, 5.41) is 5.89. The summed E-state index contributed by atoms with van der Waals surface area (Å²) in [5.41, 5.74) is 3.46. The maximum Gasteiger partial charge on any atom is 0.408 e. The number of alkyl carbamates (subject to hydrolysis) is 1. The van der Waals surface area contributed by atoms with Crippen molar-refractivity contribution in [1.29, 1.82) is 0 Å². The number of hydrogen-bond donors (Lipinski definition) is 2. The van der Waals surface area contributed by atoms with Gasteiger partial charge in [-0.15, -0.1) is 0 Å². The number of nitrogens with zero attached hydrogens (tertiary/aromatic N) is 1. The van der Waals surface area contributed by atoms with Gasteiger partial charge < -0.3 is 20.3 Å². The van der Waals surface area contributed by atoms with Crippen LogP contribution in [-0.2, 0) is 20.7 Å². The standard InChI is InChI=1S/C33H39N3O4/c1-22-13-9-11-17-26(22)29(30(37)34-27-18-12-10-14-23(27)2)36(25-19-20-25)31(38)28(21-24-15-7-6-8-16-24)35-32(39)40-33(3,4)5/h6-18,25,28-29H,19-21H2,1-5H3,(H,34,37)(H,35,39). The van der Waals surface area contributed by atoms with Gasteiger partial charge in [-0.05, 0) is 75.8 Å². The topological polar surface area (TPSA) is 87.7 Å². The van der Waals surface area contributed by atoms with Gasteiger partial charge >= 0.3 is 6.09 Å². The van der Waals surface area contributed by atoms with Gasteiger partial charge in [0.1, 0.15) is 17.7 Å². The minimum Gasteiger partial charge on any atom is -0.444 e. The molecule has 0 saturated heterocycles. The Morgan fingerprint density at radius 2 is 1.48 bits per heavy atom. The molecule has 1 aliphatic rings. The molecule has 2 unspecified atom stereocenters. The molecule has 1 saturated carbocycles. The second kappa shape index (κ2) is 12.4. The lowest BCUT2D eigenvalue weighted by molar-refractivity contribution is -0.141. The fourth-order valence-electron chi connectivity index (χ4n) is 4.78. The zero-order chi connectivity index (χ0) is 28.9. The van der Waals surface area contributed by atoms with Crippen LogP contribution in [0.1, 0.15) is 61.9 Å². The monoisotopic (exact) mass is 541 g/mol. The number of rotatable bonds is 9. The van der Waals surface area contributed by atoms with Crippen molar-refractivity contribution in [2.75, 3.05) is 5.32 Å². The zero-order valence-electron chi connectivity index (χ0n) is 23.9. The molecule has 1 aliphatic carbocycles. The molecular formula is C33H39N3O4. The zero-order valence-corrected chi connectivity index (χ0v) is 23.9. The van der Waals surface area contributed by atoms with Crippen molar-refractivity contribution in [3.05, 3.63) is 101 Å². The van der Waals surface area contributed by atoms with Crippen LogP contribution in [0.2, 0.25) is 0 Å². The lowest BCUT2D eigenvalue weighted by Crippen LogP contribution is -2.54. The second-order valence-electron chi connectivity index (χ2n) is 11.4. The van der Waals surface area contributed by atoms with Crippen molar-refractivity contribution >= 4 is 23.6 Å². The lowest BCUT2D eigenvalue weighted by atomic mass is 9.96. The number of hydrogen-bond acceptors (Lipinski definition) is 4. The second-order valence-corrected chi connectivity index (χ2v) is 11.4. The first kappa shape index (κ1) is 28.9. The molecule has 3 aromatic carbocycles. The molecule has 210 valence electrons. The summed E-state index contributed by atoms with van der Waals surface area (Å²) in [4.78, 5) is 43.1. The van der Waals surface area contributed by atoms with E-state index in [1.807, 2.05) is 92.7 Å². The fraction of sp³-hybridized carbons (Fsp3) is 0.364. The number of carbonyl (C=O) groups excluding carboxylic acids is 3. The van der Waals surface area contributed by atoms with E-state index in [9.17, 15) is 14.4 Å². The summed E-state index contributed by atoms with van der Waals surface area (Å²) in [5.74, 6) is -0.607. The van der Waals surface area contributed by atoms with Crippen LogP contribution in [0.25, 0.3) is 0 Å². The molecule has 0 aromatic heterocycles. The van der Waals surface area contributed by atoms with Gasteiger partial charge in [0.05, 0.1) is 0 Å².